The molecule has 1 saturated carbocycles. The highest BCUT2D eigenvalue weighted by molar-refractivity contribution is 7.26. The van der Waals surface area contributed by atoms with E-state index in [2.05, 4.69) is 91.7 Å². The minimum Gasteiger partial charge on any atom is -0.348 e. The van der Waals surface area contributed by atoms with Crippen LogP contribution < -0.4 is 5.32 Å². The van der Waals surface area contributed by atoms with Crippen LogP contribution in [0.5, 0.6) is 0 Å². The van der Waals surface area contributed by atoms with Crippen LogP contribution in [-0.2, 0) is 0 Å². The number of imidazole rings is 1. The van der Waals surface area contributed by atoms with Crippen LogP contribution in [-0.4, -0.2) is 21.5 Å². The van der Waals surface area contributed by atoms with Crippen LogP contribution in [0.2, 0.25) is 0 Å². The highest BCUT2D eigenvalue weighted by Crippen LogP contribution is 2.40. The molecular weight excluding hydrogens is 462 g/mol. The highest BCUT2D eigenvalue weighted by Gasteiger charge is 2.33. The first kappa shape index (κ1) is 23.0. The Morgan fingerprint density at radius 2 is 1.83 bits per heavy atom. The van der Waals surface area contributed by atoms with E-state index in [1.165, 1.54) is 32.2 Å². The number of nitrogens with one attached hydrogen (secondary N) is 1. The minimum atomic E-state index is -0.0561. The van der Waals surface area contributed by atoms with Gasteiger partial charge in [0.25, 0.3) is 5.91 Å². The van der Waals surface area contributed by atoms with Gasteiger partial charge in [-0.1, -0.05) is 69.3 Å². The van der Waals surface area contributed by atoms with E-state index >= 15 is 0 Å². The molecule has 5 aromatic rings. The van der Waals surface area contributed by atoms with Crippen LogP contribution in [0.3, 0.4) is 0 Å². The number of aromatic nitrogens is 2. The first-order valence-electron chi connectivity index (χ1n) is 12.7. The average molecular weight is 494 g/mol. The fourth-order valence-electron chi connectivity index (χ4n) is 6.18. The van der Waals surface area contributed by atoms with Crippen LogP contribution in [0.25, 0.3) is 37.0 Å². The minimum absolute atomic E-state index is 0.0561. The number of carbonyl (C=O) groups excluding carboxylic acids is 1. The Morgan fingerprint density at radius 1 is 1.03 bits per heavy atom. The maximum absolute atomic E-state index is 13.3. The Balaban J connectivity index is 1.33. The molecule has 4 nitrogen and oxygen atoms in total. The number of hydrogen-bond donors (Lipinski definition) is 1. The van der Waals surface area contributed by atoms with Crippen molar-refractivity contribution >= 4 is 37.4 Å². The van der Waals surface area contributed by atoms with Gasteiger partial charge in [-0.05, 0) is 59.9 Å². The number of rotatable bonds is 4. The zero-order chi connectivity index (χ0) is 24.9. The SMILES string of the molecule is C[C@@H]1C[C@@H](NC(=O)c2cncn2-c2cccc(-c3cccc4c3sc3ccccc34)c2)CC(C)(C)C1. The van der Waals surface area contributed by atoms with Gasteiger partial charge in [-0.3, -0.25) is 9.36 Å². The van der Waals surface area contributed by atoms with E-state index < -0.39 is 0 Å². The van der Waals surface area contributed by atoms with Crippen LogP contribution in [0.4, 0.5) is 0 Å². The van der Waals surface area contributed by atoms with E-state index in [0.717, 1.165) is 24.1 Å². The number of hydrogen-bond acceptors (Lipinski definition) is 3. The van der Waals surface area contributed by atoms with E-state index in [0.29, 0.717) is 11.6 Å². The molecule has 0 spiro atoms. The summed E-state index contributed by atoms with van der Waals surface area (Å²) in [5.41, 5.74) is 4.10. The second-order valence-corrected chi connectivity index (χ2v) is 12.1. The molecule has 2 aromatic heterocycles. The molecule has 1 N–H and O–H groups in total. The molecule has 0 aliphatic heterocycles. The van der Waals surface area contributed by atoms with E-state index in [1.807, 2.05) is 22.0 Å². The van der Waals surface area contributed by atoms with Gasteiger partial charge in [-0.25, -0.2) is 4.98 Å². The predicted molar refractivity (Wildman–Crippen MR) is 150 cm³/mol. The zero-order valence-corrected chi connectivity index (χ0v) is 21.8. The lowest BCUT2D eigenvalue weighted by molar-refractivity contribution is 0.0867. The van der Waals surface area contributed by atoms with E-state index in [1.54, 1.807) is 12.5 Å². The zero-order valence-electron chi connectivity index (χ0n) is 21.0. The third-order valence-electron chi connectivity index (χ3n) is 7.43. The Bertz CT molecular complexity index is 1580. The average Bonchev–Trinajstić information content (AvgIpc) is 3.48. The number of fused-ring (bicyclic) bond motifs is 3. The number of nitrogens with zero attached hydrogens (tertiary/aromatic N) is 2. The van der Waals surface area contributed by atoms with Crippen molar-refractivity contribution in [2.75, 3.05) is 0 Å². The highest BCUT2D eigenvalue weighted by atomic mass is 32.1. The lowest BCUT2D eigenvalue weighted by atomic mass is 9.70. The molecule has 0 unspecified atom stereocenters. The molecule has 6 rings (SSSR count). The van der Waals surface area contributed by atoms with Crippen molar-refractivity contribution < 1.29 is 4.79 Å². The summed E-state index contributed by atoms with van der Waals surface area (Å²) in [6, 6.07) is 23.7. The first-order valence-corrected chi connectivity index (χ1v) is 13.5. The van der Waals surface area contributed by atoms with Gasteiger partial charge >= 0.3 is 0 Å². The molecule has 1 amide bonds. The summed E-state index contributed by atoms with van der Waals surface area (Å²) < 4.78 is 4.49. The van der Waals surface area contributed by atoms with Crippen molar-refractivity contribution in [2.45, 2.75) is 46.1 Å². The number of benzene rings is 3. The molecule has 1 fully saturated rings. The van der Waals surface area contributed by atoms with Crippen LogP contribution >= 0.6 is 11.3 Å². The summed E-state index contributed by atoms with van der Waals surface area (Å²) in [5, 5.41) is 5.88. The van der Waals surface area contributed by atoms with Gasteiger partial charge in [0.1, 0.15) is 5.69 Å². The molecule has 0 bridgehead atoms. The van der Waals surface area contributed by atoms with E-state index in [9.17, 15) is 4.79 Å². The van der Waals surface area contributed by atoms with Crippen LogP contribution in [0, 0.1) is 11.3 Å². The molecule has 0 saturated heterocycles. The van der Waals surface area contributed by atoms with Crippen molar-refractivity contribution in [3.8, 4) is 16.8 Å². The summed E-state index contributed by atoms with van der Waals surface area (Å²) in [7, 11) is 0. The van der Waals surface area contributed by atoms with Crippen molar-refractivity contribution in [1.29, 1.82) is 0 Å². The van der Waals surface area contributed by atoms with Gasteiger partial charge in [-0.15, -0.1) is 11.3 Å². The third-order valence-corrected chi connectivity index (χ3v) is 8.65. The van der Waals surface area contributed by atoms with Gasteiger partial charge in [0.05, 0.1) is 12.5 Å². The molecule has 2 atom stereocenters. The fraction of sp³-hybridized carbons (Fsp3) is 0.290. The lowest BCUT2D eigenvalue weighted by Crippen LogP contribution is -2.43. The molecular formula is C31H31N3OS. The monoisotopic (exact) mass is 493 g/mol. The maximum Gasteiger partial charge on any atom is 0.270 e. The normalized spacial score (nSPS) is 19.5. The quantitative estimate of drug-likeness (QED) is 0.277. The Hall–Kier alpha value is -3.44. The van der Waals surface area contributed by atoms with Gasteiger partial charge in [0.15, 0.2) is 0 Å². The van der Waals surface area contributed by atoms with E-state index in [-0.39, 0.29) is 17.4 Å². The van der Waals surface area contributed by atoms with Crippen LogP contribution in [0.1, 0.15) is 50.5 Å². The summed E-state index contributed by atoms with van der Waals surface area (Å²) in [4.78, 5) is 17.7. The van der Waals surface area contributed by atoms with Gasteiger partial charge in [0, 0.05) is 31.9 Å². The smallest absolute Gasteiger partial charge is 0.270 e. The molecule has 2 heterocycles. The molecule has 182 valence electrons. The Labute approximate surface area is 216 Å². The number of carbonyl (C=O) groups is 1. The molecule has 1 aliphatic rings. The molecule has 36 heavy (non-hydrogen) atoms. The summed E-state index contributed by atoms with van der Waals surface area (Å²) in [6.07, 6.45) is 6.65. The van der Waals surface area contributed by atoms with Crippen LogP contribution in [0.15, 0.2) is 79.3 Å². The predicted octanol–water partition coefficient (Wildman–Crippen LogP) is 7.85. The summed E-state index contributed by atoms with van der Waals surface area (Å²) in [5.74, 6) is 0.552. The second-order valence-electron chi connectivity index (χ2n) is 11.1. The Kier molecular flexibility index (Phi) is 5.68. The van der Waals surface area contributed by atoms with Crippen molar-refractivity contribution in [1.82, 2.24) is 14.9 Å². The van der Waals surface area contributed by atoms with Gasteiger partial charge in [-0.2, -0.15) is 0 Å². The first-order chi connectivity index (χ1) is 17.4. The van der Waals surface area contributed by atoms with Crippen molar-refractivity contribution in [2.24, 2.45) is 11.3 Å². The number of amides is 1. The van der Waals surface area contributed by atoms with Crippen molar-refractivity contribution in [3.63, 3.8) is 0 Å². The summed E-state index contributed by atoms with van der Waals surface area (Å²) in [6.45, 7) is 6.89. The van der Waals surface area contributed by atoms with Gasteiger partial charge in [0.2, 0.25) is 0 Å². The topological polar surface area (TPSA) is 46.9 Å². The second kappa shape index (κ2) is 8.90. The van der Waals surface area contributed by atoms with E-state index in [4.69, 9.17) is 0 Å². The molecule has 3 aromatic carbocycles. The summed E-state index contributed by atoms with van der Waals surface area (Å²) >= 11 is 1.83. The molecule has 1 aliphatic carbocycles. The maximum atomic E-state index is 13.3. The largest absolute Gasteiger partial charge is 0.348 e. The Morgan fingerprint density at radius 3 is 2.69 bits per heavy atom. The third kappa shape index (κ3) is 4.22. The number of thiophene rings is 1. The molecule has 5 heteroatoms. The standard InChI is InChI=1S/C31H31N3OS/c1-20-14-22(17-31(2,3)16-20)33-30(35)27-18-32-19-34(27)23-9-6-8-21(15-23)24-11-7-12-26-25-10-4-5-13-28(25)36-29(24)26/h4-13,15,18-20,22H,14,16-17H2,1-3H3,(H,33,35)/t20-,22-/m1/s1. The van der Waals surface area contributed by atoms with Gasteiger partial charge < -0.3 is 5.32 Å². The fourth-order valence-corrected chi connectivity index (χ4v) is 7.42. The van der Waals surface area contributed by atoms with Crippen molar-refractivity contribution in [3.05, 3.63) is 84.9 Å². The lowest BCUT2D eigenvalue weighted by Gasteiger charge is -2.39. The molecule has 0 radical (unpaired) electrons.